The molecule has 198 valence electrons. The first-order valence-electron chi connectivity index (χ1n) is 12.3. The second kappa shape index (κ2) is 12.8. The second-order valence-corrected chi connectivity index (χ2v) is 12.9. The number of nitrogen functional groups attached to an aromatic ring is 1. The van der Waals surface area contributed by atoms with Crippen LogP contribution in [0.5, 0.6) is 0 Å². The number of rotatable bonds is 9. The maximum atomic E-state index is 12.6. The summed E-state index contributed by atoms with van der Waals surface area (Å²) >= 11 is 16.6. The number of hydrogen-bond donors (Lipinski definition) is 2. The SMILES string of the molecule is Nc1nc(-c2cccc(-c3csc(SCC(=O)NC4CCN(CCc5ccc(Cl)c(Cl)c5)CC4)n3)c2)cs1. The minimum Gasteiger partial charge on any atom is -0.375 e. The highest BCUT2D eigenvalue weighted by atomic mass is 35.5. The lowest BCUT2D eigenvalue weighted by atomic mass is 10.0. The Morgan fingerprint density at radius 3 is 2.47 bits per heavy atom. The van der Waals surface area contributed by atoms with E-state index in [9.17, 15) is 4.79 Å². The monoisotopic (exact) mass is 603 g/mol. The lowest BCUT2D eigenvalue weighted by Gasteiger charge is -2.32. The fraction of sp³-hybridized carbons (Fsp3) is 0.296. The highest BCUT2D eigenvalue weighted by molar-refractivity contribution is 8.01. The van der Waals surface area contributed by atoms with E-state index in [0.29, 0.717) is 20.9 Å². The highest BCUT2D eigenvalue weighted by Gasteiger charge is 2.21. The lowest BCUT2D eigenvalue weighted by Crippen LogP contribution is -2.45. The van der Waals surface area contributed by atoms with Gasteiger partial charge in [0.05, 0.1) is 27.2 Å². The van der Waals surface area contributed by atoms with Gasteiger partial charge in [-0.15, -0.1) is 22.7 Å². The number of benzene rings is 2. The maximum Gasteiger partial charge on any atom is 0.230 e. The predicted molar refractivity (Wildman–Crippen MR) is 162 cm³/mol. The van der Waals surface area contributed by atoms with Crippen LogP contribution < -0.4 is 11.1 Å². The molecule has 38 heavy (non-hydrogen) atoms. The van der Waals surface area contributed by atoms with Crippen molar-refractivity contribution >= 4 is 68.7 Å². The van der Waals surface area contributed by atoms with Crippen LogP contribution in [0.15, 0.2) is 57.6 Å². The van der Waals surface area contributed by atoms with Crippen LogP contribution in [0.4, 0.5) is 5.13 Å². The van der Waals surface area contributed by atoms with Gasteiger partial charge in [0.2, 0.25) is 5.91 Å². The van der Waals surface area contributed by atoms with Crippen molar-refractivity contribution in [1.29, 1.82) is 0 Å². The Kier molecular flexibility index (Phi) is 9.24. The molecule has 11 heteroatoms. The molecule has 0 bridgehead atoms. The Hall–Kier alpha value is -2.14. The average Bonchev–Trinajstić information content (AvgIpc) is 3.58. The number of aromatic nitrogens is 2. The largest absolute Gasteiger partial charge is 0.375 e. The van der Waals surface area contributed by atoms with E-state index in [0.717, 1.165) is 65.8 Å². The van der Waals surface area contributed by atoms with Crippen molar-refractivity contribution in [1.82, 2.24) is 20.2 Å². The first kappa shape index (κ1) is 27.4. The van der Waals surface area contributed by atoms with Gasteiger partial charge in [-0.1, -0.05) is 59.2 Å². The number of thiazole rings is 2. The molecular formula is C27H27Cl2N5OS3. The summed E-state index contributed by atoms with van der Waals surface area (Å²) in [7, 11) is 0. The van der Waals surface area contributed by atoms with E-state index in [-0.39, 0.29) is 11.9 Å². The molecule has 1 amide bonds. The van der Waals surface area contributed by atoms with Crippen molar-refractivity contribution in [3.8, 4) is 22.5 Å². The normalized spacial score (nSPS) is 14.6. The number of carbonyl (C=O) groups is 1. The van der Waals surface area contributed by atoms with Crippen LogP contribution in [-0.2, 0) is 11.2 Å². The van der Waals surface area contributed by atoms with Crippen LogP contribution in [0.25, 0.3) is 22.5 Å². The number of anilines is 1. The molecule has 1 aliphatic heterocycles. The third-order valence-corrected chi connectivity index (χ3v) is 9.87. The van der Waals surface area contributed by atoms with Crippen molar-refractivity contribution in [2.24, 2.45) is 0 Å². The van der Waals surface area contributed by atoms with Crippen molar-refractivity contribution in [2.45, 2.75) is 29.6 Å². The standard InChI is InChI=1S/C27H27Cl2N5OS3/c28-21-5-4-17(12-22(21)29)6-9-34-10-7-20(8-11-34)31-25(35)16-38-27-33-24(15-37-27)19-3-1-2-18(13-19)23-14-36-26(30)32-23/h1-5,12-15,20H,6-11,16H2,(H2,30,32)(H,31,35). The van der Waals surface area contributed by atoms with E-state index in [1.165, 1.54) is 28.7 Å². The molecule has 3 heterocycles. The van der Waals surface area contributed by atoms with E-state index in [4.69, 9.17) is 33.9 Å². The molecule has 4 aromatic rings. The van der Waals surface area contributed by atoms with Crippen LogP contribution in [0.3, 0.4) is 0 Å². The molecule has 2 aromatic carbocycles. The number of amides is 1. The van der Waals surface area contributed by atoms with Gasteiger partial charge in [-0.2, -0.15) is 0 Å². The molecule has 0 radical (unpaired) electrons. The van der Waals surface area contributed by atoms with Gasteiger partial charge < -0.3 is 16.0 Å². The number of halogens is 2. The number of hydrogen-bond acceptors (Lipinski definition) is 8. The van der Waals surface area contributed by atoms with Gasteiger partial charge in [0.25, 0.3) is 0 Å². The highest BCUT2D eigenvalue weighted by Crippen LogP contribution is 2.31. The molecule has 1 saturated heterocycles. The van der Waals surface area contributed by atoms with Crippen molar-refractivity contribution < 1.29 is 4.79 Å². The summed E-state index contributed by atoms with van der Waals surface area (Å²) in [6, 6.07) is 14.2. The van der Waals surface area contributed by atoms with E-state index >= 15 is 0 Å². The van der Waals surface area contributed by atoms with Gasteiger partial charge >= 0.3 is 0 Å². The Labute approximate surface area is 244 Å². The summed E-state index contributed by atoms with van der Waals surface area (Å²) in [5, 5.41) is 8.94. The molecule has 0 unspecified atom stereocenters. The zero-order valence-electron chi connectivity index (χ0n) is 20.5. The van der Waals surface area contributed by atoms with Crippen LogP contribution in [0, 0.1) is 0 Å². The average molecular weight is 605 g/mol. The summed E-state index contributed by atoms with van der Waals surface area (Å²) in [6.45, 7) is 2.92. The van der Waals surface area contributed by atoms with E-state index in [1.807, 2.05) is 47.2 Å². The topological polar surface area (TPSA) is 84.1 Å². The van der Waals surface area contributed by atoms with E-state index < -0.39 is 0 Å². The van der Waals surface area contributed by atoms with E-state index in [2.05, 4.69) is 21.3 Å². The fourth-order valence-corrected chi connectivity index (χ4v) is 6.93. The Morgan fingerprint density at radius 1 is 1.03 bits per heavy atom. The number of carbonyl (C=O) groups excluding carboxylic acids is 1. The molecule has 1 aliphatic rings. The molecule has 6 nitrogen and oxygen atoms in total. The molecule has 0 aliphatic carbocycles. The van der Waals surface area contributed by atoms with E-state index in [1.54, 1.807) is 11.3 Å². The summed E-state index contributed by atoms with van der Waals surface area (Å²) in [5.74, 6) is 0.423. The molecule has 0 saturated carbocycles. The van der Waals surface area contributed by atoms with Gasteiger partial charge in [0, 0.05) is 47.6 Å². The lowest BCUT2D eigenvalue weighted by molar-refractivity contribution is -0.119. The molecule has 0 atom stereocenters. The molecule has 2 aromatic heterocycles. The van der Waals surface area contributed by atoms with Gasteiger partial charge in [-0.05, 0) is 43.0 Å². The maximum absolute atomic E-state index is 12.6. The van der Waals surface area contributed by atoms with Crippen molar-refractivity contribution in [3.63, 3.8) is 0 Å². The molecule has 1 fully saturated rings. The summed E-state index contributed by atoms with van der Waals surface area (Å²) < 4.78 is 0.885. The number of thioether (sulfide) groups is 1. The molecular weight excluding hydrogens is 577 g/mol. The minimum absolute atomic E-state index is 0.0594. The number of nitrogens with one attached hydrogen (secondary N) is 1. The van der Waals surface area contributed by atoms with Crippen LogP contribution >= 0.6 is 57.6 Å². The van der Waals surface area contributed by atoms with Crippen molar-refractivity contribution in [3.05, 3.63) is 68.8 Å². The van der Waals surface area contributed by atoms with Crippen LogP contribution in [0.2, 0.25) is 10.0 Å². The summed E-state index contributed by atoms with van der Waals surface area (Å²) in [5.41, 5.74) is 10.8. The Morgan fingerprint density at radius 2 is 1.76 bits per heavy atom. The Bertz CT molecular complexity index is 1400. The fourth-order valence-electron chi connectivity index (χ4n) is 4.39. The van der Waals surface area contributed by atoms with Crippen molar-refractivity contribution in [2.75, 3.05) is 31.1 Å². The number of piperidine rings is 1. The van der Waals surface area contributed by atoms with Gasteiger partial charge in [0.15, 0.2) is 9.47 Å². The zero-order chi connectivity index (χ0) is 26.5. The first-order chi connectivity index (χ1) is 18.4. The summed E-state index contributed by atoms with van der Waals surface area (Å²) in [6.07, 6.45) is 2.85. The van der Waals surface area contributed by atoms with Gasteiger partial charge in [-0.25, -0.2) is 9.97 Å². The molecule has 5 rings (SSSR count). The number of likely N-dealkylation sites (tertiary alicyclic amines) is 1. The molecule has 0 spiro atoms. The quantitative estimate of drug-likeness (QED) is 0.206. The van der Waals surface area contributed by atoms with Gasteiger partial charge in [-0.3, -0.25) is 4.79 Å². The first-order valence-corrected chi connectivity index (χ1v) is 15.8. The smallest absolute Gasteiger partial charge is 0.230 e. The Balaban J connectivity index is 1.05. The zero-order valence-corrected chi connectivity index (χ0v) is 24.5. The molecule has 3 N–H and O–H groups in total. The summed E-state index contributed by atoms with van der Waals surface area (Å²) in [4.78, 5) is 24.2. The number of nitrogens with zero attached hydrogens (tertiary/aromatic N) is 3. The second-order valence-electron chi connectivity index (χ2n) is 9.12. The third kappa shape index (κ3) is 7.28. The minimum atomic E-state index is 0.0594. The van der Waals surface area contributed by atoms with Gasteiger partial charge in [0.1, 0.15) is 0 Å². The van der Waals surface area contributed by atoms with Crippen LogP contribution in [0.1, 0.15) is 18.4 Å². The number of nitrogens with two attached hydrogens (primary N) is 1. The van der Waals surface area contributed by atoms with Crippen LogP contribution in [-0.4, -0.2) is 52.2 Å². The predicted octanol–water partition coefficient (Wildman–Crippen LogP) is 6.74. The third-order valence-electron chi connectivity index (χ3n) is 6.44.